The maximum Gasteiger partial charge on any atom is 0.272 e. The van der Waals surface area contributed by atoms with Crippen molar-refractivity contribution in [3.8, 4) is 0 Å². The third-order valence-electron chi connectivity index (χ3n) is 3.31. The third-order valence-corrected chi connectivity index (χ3v) is 6.00. The molecule has 1 aliphatic rings. The monoisotopic (exact) mass is 239 g/mol. The summed E-state index contributed by atoms with van der Waals surface area (Å²) in [5.74, 6) is 0. The minimum atomic E-state index is -2.59. The Morgan fingerprint density at radius 2 is 2.00 bits per heavy atom. The maximum atomic E-state index is 12.4. The second kappa shape index (κ2) is 4.33. The molecule has 0 radical (unpaired) electrons. The molecule has 1 saturated heterocycles. The fourth-order valence-corrected chi connectivity index (χ4v) is 4.17. The summed E-state index contributed by atoms with van der Waals surface area (Å²) in [6.07, 6.45) is 0.494. The summed E-state index contributed by atoms with van der Waals surface area (Å²) >= 11 is 0. The van der Waals surface area contributed by atoms with Crippen molar-refractivity contribution in [3.63, 3.8) is 0 Å². The van der Waals surface area contributed by atoms with Gasteiger partial charge in [-0.25, -0.2) is 4.67 Å². The summed E-state index contributed by atoms with van der Waals surface area (Å²) in [6.45, 7) is 3.98. The molecule has 3 atom stereocenters. The molecule has 0 spiro atoms. The summed E-state index contributed by atoms with van der Waals surface area (Å²) < 4.78 is 20.1. The highest BCUT2D eigenvalue weighted by molar-refractivity contribution is 7.56. The van der Waals surface area contributed by atoms with Gasteiger partial charge in [0.05, 0.1) is 0 Å². The Labute approximate surface area is 96.9 Å². The van der Waals surface area contributed by atoms with Crippen LogP contribution in [-0.4, -0.2) is 23.9 Å². The van der Waals surface area contributed by atoms with E-state index < -0.39 is 7.52 Å². The molecule has 0 saturated carbocycles. The van der Waals surface area contributed by atoms with E-state index in [2.05, 4.69) is 6.92 Å². The van der Waals surface area contributed by atoms with E-state index in [0.29, 0.717) is 6.16 Å². The summed E-state index contributed by atoms with van der Waals surface area (Å²) in [5.41, 5.74) is 1.10. The van der Waals surface area contributed by atoms with Crippen molar-refractivity contribution in [1.82, 2.24) is 4.67 Å². The van der Waals surface area contributed by atoms with Crippen LogP contribution in [0, 0.1) is 0 Å². The fraction of sp³-hybridized carbons (Fsp3) is 0.500. The molecule has 1 aromatic rings. The third kappa shape index (κ3) is 1.84. The number of hydrogen-bond donors (Lipinski definition) is 0. The van der Waals surface area contributed by atoms with E-state index in [1.54, 1.807) is 0 Å². The molecule has 1 aromatic carbocycles. The van der Waals surface area contributed by atoms with Gasteiger partial charge in [-0.3, -0.25) is 4.57 Å². The lowest BCUT2D eigenvalue weighted by Crippen LogP contribution is -2.23. The predicted octanol–water partition coefficient (Wildman–Crippen LogP) is 3.29. The average molecular weight is 239 g/mol. The van der Waals surface area contributed by atoms with Crippen LogP contribution in [0.3, 0.4) is 0 Å². The van der Waals surface area contributed by atoms with Crippen LogP contribution in [0.2, 0.25) is 0 Å². The second-order valence-corrected chi connectivity index (χ2v) is 6.95. The van der Waals surface area contributed by atoms with Crippen LogP contribution >= 0.6 is 7.52 Å². The summed E-state index contributed by atoms with van der Waals surface area (Å²) in [5, 5.41) is 0. The number of likely N-dealkylation sites (N-methyl/N-ethyl adjacent to an activating group) is 1. The van der Waals surface area contributed by atoms with Gasteiger partial charge in [-0.15, -0.1) is 0 Å². The number of hydrogen-bond acceptors (Lipinski definition) is 2. The van der Waals surface area contributed by atoms with Gasteiger partial charge in [0.2, 0.25) is 0 Å². The highest BCUT2D eigenvalue weighted by Gasteiger charge is 2.44. The van der Waals surface area contributed by atoms with Gasteiger partial charge in [0.15, 0.2) is 0 Å². The Kier molecular flexibility index (Phi) is 3.20. The Balaban J connectivity index is 2.30. The first-order valence-electron chi connectivity index (χ1n) is 5.64. The van der Waals surface area contributed by atoms with E-state index in [1.165, 1.54) is 0 Å². The largest absolute Gasteiger partial charge is 0.308 e. The number of rotatable bonds is 2. The molecule has 3 nitrogen and oxygen atoms in total. The zero-order valence-electron chi connectivity index (χ0n) is 9.96. The summed E-state index contributed by atoms with van der Waals surface area (Å²) in [4.78, 5) is 0. The van der Waals surface area contributed by atoms with E-state index in [1.807, 2.05) is 49.0 Å². The van der Waals surface area contributed by atoms with Gasteiger partial charge in [-0.1, -0.05) is 37.3 Å². The first kappa shape index (κ1) is 11.8. The molecule has 0 aromatic heterocycles. The number of nitrogens with zero attached hydrogens (tertiary/aromatic N) is 1. The van der Waals surface area contributed by atoms with Crippen molar-refractivity contribution >= 4 is 7.52 Å². The van der Waals surface area contributed by atoms with E-state index >= 15 is 0 Å². The molecule has 16 heavy (non-hydrogen) atoms. The van der Waals surface area contributed by atoms with Gasteiger partial charge in [0.25, 0.3) is 7.52 Å². The molecular weight excluding hydrogens is 221 g/mol. The van der Waals surface area contributed by atoms with Gasteiger partial charge < -0.3 is 4.52 Å². The van der Waals surface area contributed by atoms with E-state index in [9.17, 15) is 4.57 Å². The lowest BCUT2D eigenvalue weighted by molar-refractivity contribution is 0.210. The number of benzene rings is 1. The molecule has 1 heterocycles. The van der Waals surface area contributed by atoms with Crippen LogP contribution in [0.1, 0.15) is 25.5 Å². The van der Waals surface area contributed by atoms with E-state index in [-0.39, 0.29) is 12.1 Å². The van der Waals surface area contributed by atoms with Crippen LogP contribution in [0.15, 0.2) is 30.3 Å². The van der Waals surface area contributed by atoms with Crippen molar-refractivity contribution in [2.45, 2.75) is 26.0 Å². The Morgan fingerprint density at radius 3 is 2.50 bits per heavy atom. The molecule has 0 N–H and O–H groups in total. The molecular formula is C12H18NO2P. The quantitative estimate of drug-likeness (QED) is 0.742. The molecule has 4 heteroatoms. The van der Waals surface area contributed by atoms with Crippen LogP contribution in [0.25, 0.3) is 0 Å². The van der Waals surface area contributed by atoms with Crippen LogP contribution < -0.4 is 0 Å². The maximum absolute atomic E-state index is 12.4. The first-order chi connectivity index (χ1) is 7.58. The Hall–Kier alpha value is -0.630. The highest BCUT2D eigenvalue weighted by atomic mass is 31.2. The zero-order valence-corrected chi connectivity index (χ0v) is 10.9. The van der Waals surface area contributed by atoms with Crippen LogP contribution in [0.5, 0.6) is 0 Å². The molecule has 2 rings (SSSR count). The topological polar surface area (TPSA) is 29.5 Å². The first-order valence-corrected chi connectivity index (χ1v) is 7.40. The van der Waals surface area contributed by atoms with Crippen molar-refractivity contribution in [2.24, 2.45) is 0 Å². The minimum absolute atomic E-state index is 0.0722. The average Bonchev–Trinajstić information content (AvgIpc) is 2.56. The van der Waals surface area contributed by atoms with Crippen molar-refractivity contribution in [2.75, 3.05) is 13.2 Å². The molecule has 0 bridgehead atoms. The highest BCUT2D eigenvalue weighted by Crippen LogP contribution is 2.61. The lowest BCUT2D eigenvalue weighted by Gasteiger charge is -2.19. The van der Waals surface area contributed by atoms with E-state index in [4.69, 9.17) is 4.52 Å². The lowest BCUT2D eigenvalue weighted by atomic mass is 10.0. The van der Waals surface area contributed by atoms with Crippen LogP contribution in [0.4, 0.5) is 0 Å². The molecule has 0 amide bonds. The Morgan fingerprint density at radius 1 is 1.38 bits per heavy atom. The molecule has 88 valence electrons. The van der Waals surface area contributed by atoms with E-state index in [0.717, 1.165) is 5.56 Å². The smallest absolute Gasteiger partial charge is 0.272 e. The fourth-order valence-electron chi connectivity index (χ4n) is 2.09. The predicted molar refractivity (Wildman–Crippen MR) is 65.6 cm³/mol. The molecule has 0 unspecified atom stereocenters. The Bertz CT molecular complexity index is 407. The van der Waals surface area contributed by atoms with Gasteiger partial charge in [-0.05, 0) is 19.5 Å². The minimum Gasteiger partial charge on any atom is -0.308 e. The SMILES string of the molecule is CC[P@@]1(=O)O[C@@H](c2ccccc2)[C@@H](C)N1C. The van der Waals surface area contributed by atoms with Crippen molar-refractivity contribution in [3.05, 3.63) is 35.9 Å². The summed E-state index contributed by atoms with van der Waals surface area (Å²) in [7, 11) is -0.700. The molecule has 1 fully saturated rings. The standard InChI is InChI=1S/C12H18NO2P/c1-4-16(14)13(3)10(2)12(15-16)11-8-6-5-7-9-11/h5-10,12H,4H2,1-3H3/t10-,12-,16-/m1/s1. The van der Waals surface area contributed by atoms with Gasteiger partial charge in [0, 0.05) is 12.2 Å². The van der Waals surface area contributed by atoms with Crippen molar-refractivity contribution in [1.29, 1.82) is 0 Å². The van der Waals surface area contributed by atoms with Crippen molar-refractivity contribution < 1.29 is 9.09 Å². The van der Waals surface area contributed by atoms with Gasteiger partial charge in [-0.2, -0.15) is 0 Å². The van der Waals surface area contributed by atoms with Crippen LogP contribution in [-0.2, 0) is 9.09 Å². The molecule has 1 aliphatic heterocycles. The summed E-state index contributed by atoms with van der Waals surface area (Å²) in [6, 6.07) is 10.2. The normalized spacial score (nSPS) is 35.4. The second-order valence-electron chi connectivity index (χ2n) is 4.20. The zero-order chi connectivity index (χ0) is 11.8. The molecule has 0 aliphatic carbocycles. The van der Waals surface area contributed by atoms with Gasteiger partial charge >= 0.3 is 0 Å². The van der Waals surface area contributed by atoms with Gasteiger partial charge in [0.1, 0.15) is 6.10 Å².